The van der Waals surface area contributed by atoms with E-state index in [9.17, 15) is 4.79 Å². The van der Waals surface area contributed by atoms with Gasteiger partial charge in [-0.2, -0.15) is 0 Å². The maximum atomic E-state index is 12.2. The van der Waals surface area contributed by atoms with Crippen molar-refractivity contribution >= 4 is 34.8 Å². The number of nitrogens with zero attached hydrogens (tertiary/aromatic N) is 1. The van der Waals surface area contributed by atoms with Crippen LogP contribution in [0.3, 0.4) is 0 Å². The van der Waals surface area contributed by atoms with Crippen LogP contribution >= 0.6 is 23.2 Å². The first-order valence-electron chi connectivity index (χ1n) is 6.98. The summed E-state index contributed by atoms with van der Waals surface area (Å²) in [5.74, 6) is -0.0510. The van der Waals surface area contributed by atoms with Crippen molar-refractivity contribution < 1.29 is 4.79 Å². The lowest BCUT2D eigenvalue weighted by atomic mass is 10.1. The van der Waals surface area contributed by atoms with Crippen LogP contribution in [-0.2, 0) is 4.79 Å². The van der Waals surface area contributed by atoms with E-state index >= 15 is 0 Å². The standard InChI is InChI=1S/C17H18Cl2N2O/c1-12(13-8-9-15(18)16(19)10-13)20-17(22)11-21(2)14-6-4-3-5-7-14/h3-10,12H,11H2,1-2H3,(H,20,22)/t12-/m0/s1. The van der Waals surface area contributed by atoms with Crippen LogP contribution in [-0.4, -0.2) is 19.5 Å². The molecule has 22 heavy (non-hydrogen) atoms. The van der Waals surface area contributed by atoms with Gasteiger partial charge in [0.25, 0.3) is 0 Å². The second-order valence-corrected chi connectivity index (χ2v) is 5.97. The van der Waals surface area contributed by atoms with Crippen molar-refractivity contribution in [3.8, 4) is 0 Å². The van der Waals surface area contributed by atoms with Crippen molar-refractivity contribution in [2.75, 3.05) is 18.5 Å². The third-order valence-corrected chi connectivity index (χ3v) is 4.14. The molecule has 0 unspecified atom stereocenters. The highest BCUT2D eigenvalue weighted by atomic mass is 35.5. The molecule has 3 nitrogen and oxygen atoms in total. The zero-order valence-electron chi connectivity index (χ0n) is 12.5. The SMILES string of the molecule is C[C@H](NC(=O)CN(C)c1ccccc1)c1ccc(Cl)c(Cl)c1. The predicted molar refractivity (Wildman–Crippen MR) is 92.7 cm³/mol. The van der Waals surface area contributed by atoms with Gasteiger partial charge in [-0.05, 0) is 36.8 Å². The quantitative estimate of drug-likeness (QED) is 0.882. The number of hydrogen-bond acceptors (Lipinski definition) is 2. The monoisotopic (exact) mass is 336 g/mol. The van der Waals surface area contributed by atoms with E-state index in [0.29, 0.717) is 10.0 Å². The number of amides is 1. The number of para-hydroxylation sites is 1. The maximum Gasteiger partial charge on any atom is 0.239 e. The molecule has 0 fully saturated rings. The molecule has 0 saturated carbocycles. The van der Waals surface area contributed by atoms with Crippen molar-refractivity contribution in [1.82, 2.24) is 5.32 Å². The van der Waals surface area contributed by atoms with Gasteiger partial charge in [-0.25, -0.2) is 0 Å². The van der Waals surface area contributed by atoms with Crippen molar-refractivity contribution in [3.63, 3.8) is 0 Å². The molecule has 2 rings (SSSR count). The molecule has 5 heteroatoms. The second-order valence-electron chi connectivity index (χ2n) is 5.15. The van der Waals surface area contributed by atoms with Crippen molar-refractivity contribution in [2.24, 2.45) is 0 Å². The molecule has 0 heterocycles. The lowest BCUT2D eigenvalue weighted by Crippen LogP contribution is -2.36. The van der Waals surface area contributed by atoms with Gasteiger partial charge in [0, 0.05) is 12.7 Å². The molecular weight excluding hydrogens is 319 g/mol. The highest BCUT2D eigenvalue weighted by Gasteiger charge is 2.13. The Morgan fingerprint density at radius 3 is 2.45 bits per heavy atom. The molecule has 2 aromatic carbocycles. The summed E-state index contributed by atoms with van der Waals surface area (Å²) in [6, 6.07) is 15.0. The fourth-order valence-corrected chi connectivity index (χ4v) is 2.45. The molecule has 0 aromatic heterocycles. The molecular formula is C17H18Cl2N2O. The summed E-state index contributed by atoms with van der Waals surface area (Å²) < 4.78 is 0. The Labute approximate surface area is 140 Å². The lowest BCUT2D eigenvalue weighted by molar-refractivity contribution is -0.120. The van der Waals surface area contributed by atoms with Crippen molar-refractivity contribution in [1.29, 1.82) is 0 Å². The highest BCUT2D eigenvalue weighted by molar-refractivity contribution is 6.42. The molecule has 0 aliphatic carbocycles. The molecule has 2 aromatic rings. The maximum absolute atomic E-state index is 12.2. The fourth-order valence-electron chi connectivity index (χ4n) is 2.14. The third-order valence-electron chi connectivity index (χ3n) is 3.40. The summed E-state index contributed by atoms with van der Waals surface area (Å²) >= 11 is 11.9. The largest absolute Gasteiger partial charge is 0.365 e. The number of nitrogens with one attached hydrogen (secondary N) is 1. The topological polar surface area (TPSA) is 32.3 Å². The molecule has 0 spiro atoms. The normalized spacial score (nSPS) is 11.8. The first-order valence-corrected chi connectivity index (χ1v) is 7.73. The van der Waals surface area contributed by atoms with Crippen LogP contribution in [0.4, 0.5) is 5.69 Å². The molecule has 1 N–H and O–H groups in total. The van der Waals surface area contributed by atoms with Crippen LogP contribution < -0.4 is 10.2 Å². The summed E-state index contributed by atoms with van der Waals surface area (Å²) in [7, 11) is 1.89. The first-order chi connectivity index (χ1) is 10.5. The van der Waals surface area contributed by atoms with Gasteiger partial charge in [0.05, 0.1) is 22.6 Å². The van der Waals surface area contributed by atoms with E-state index in [1.807, 2.05) is 55.3 Å². The summed E-state index contributed by atoms with van der Waals surface area (Å²) in [6.07, 6.45) is 0. The fraction of sp³-hybridized carbons (Fsp3) is 0.235. The molecule has 0 saturated heterocycles. The first kappa shape index (κ1) is 16.7. The van der Waals surface area contributed by atoms with E-state index in [1.54, 1.807) is 12.1 Å². The van der Waals surface area contributed by atoms with Crippen molar-refractivity contribution in [3.05, 3.63) is 64.1 Å². The molecule has 0 bridgehead atoms. The zero-order chi connectivity index (χ0) is 16.1. The molecule has 0 aliphatic heterocycles. The molecule has 1 atom stereocenters. The Kier molecular flexibility index (Phi) is 5.69. The van der Waals surface area contributed by atoms with Gasteiger partial charge >= 0.3 is 0 Å². The van der Waals surface area contributed by atoms with E-state index < -0.39 is 0 Å². The van der Waals surface area contributed by atoms with Crippen LogP contribution in [0.1, 0.15) is 18.5 Å². The third kappa shape index (κ3) is 4.39. The number of hydrogen-bond donors (Lipinski definition) is 1. The van der Waals surface area contributed by atoms with Gasteiger partial charge in [-0.3, -0.25) is 4.79 Å². The lowest BCUT2D eigenvalue weighted by Gasteiger charge is -2.21. The summed E-state index contributed by atoms with van der Waals surface area (Å²) in [5, 5.41) is 3.96. The number of rotatable bonds is 5. The summed E-state index contributed by atoms with van der Waals surface area (Å²) in [5.41, 5.74) is 1.92. The van der Waals surface area contributed by atoms with E-state index in [0.717, 1.165) is 11.3 Å². The summed E-state index contributed by atoms with van der Waals surface area (Å²) in [6.45, 7) is 2.20. The number of carbonyl (C=O) groups excluding carboxylic acids is 1. The zero-order valence-corrected chi connectivity index (χ0v) is 14.0. The van der Waals surface area contributed by atoms with Gasteiger partial charge in [-0.1, -0.05) is 47.5 Å². The average molecular weight is 337 g/mol. The van der Waals surface area contributed by atoms with Gasteiger partial charge in [-0.15, -0.1) is 0 Å². The molecule has 0 aliphatic rings. The highest BCUT2D eigenvalue weighted by Crippen LogP contribution is 2.25. The number of halogens is 2. The van der Waals surface area contributed by atoms with Gasteiger partial charge in [0.15, 0.2) is 0 Å². The smallest absolute Gasteiger partial charge is 0.239 e. The Morgan fingerprint density at radius 2 is 1.82 bits per heavy atom. The van der Waals surface area contributed by atoms with Crippen LogP contribution in [0.15, 0.2) is 48.5 Å². The minimum Gasteiger partial charge on any atom is -0.365 e. The molecule has 1 amide bonds. The second kappa shape index (κ2) is 7.52. The Morgan fingerprint density at radius 1 is 1.14 bits per heavy atom. The number of benzene rings is 2. The van der Waals surface area contributed by atoms with Crippen LogP contribution in [0, 0.1) is 0 Å². The molecule has 116 valence electrons. The Bertz CT molecular complexity index is 646. The van der Waals surface area contributed by atoms with Crippen molar-refractivity contribution in [2.45, 2.75) is 13.0 Å². The van der Waals surface area contributed by atoms with E-state index in [2.05, 4.69) is 5.32 Å². The van der Waals surface area contributed by atoms with E-state index in [-0.39, 0.29) is 18.5 Å². The van der Waals surface area contributed by atoms with Crippen LogP contribution in [0.25, 0.3) is 0 Å². The van der Waals surface area contributed by atoms with Crippen LogP contribution in [0.2, 0.25) is 10.0 Å². The van der Waals surface area contributed by atoms with Gasteiger partial charge in [0.2, 0.25) is 5.91 Å². The van der Waals surface area contributed by atoms with Gasteiger partial charge in [0.1, 0.15) is 0 Å². The Balaban J connectivity index is 1.95. The summed E-state index contributed by atoms with van der Waals surface area (Å²) in [4.78, 5) is 14.1. The number of anilines is 1. The molecule has 0 radical (unpaired) electrons. The van der Waals surface area contributed by atoms with Crippen LogP contribution in [0.5, 0.6) is 0 Å². The minimum absolute atomic E-state index is 0.0510. The number of likely N-dealkylation sites (N-methyl/N-ethyl adjacent to an activating group) is 1. The van der Waals surface area contributed by atoms with E-state index in [1.165, 1.54) is 0 Å². The predicted octanol–water partition coefficient (Wildman–Crippen LogP) is 4.31. The van der Waals surface area contributed by atoms with E-state index in [4.69, 9.17) is 23.2 Å². The number of carbonyl (C=O) groups is 1. The van der Waals surface area contributed by atoms with Gasteiger partial charge < -0.3 is 10.2 Å². The minimum atomic E-state index is -0.133. The average Bonchev–Trinajstić information content (AvgIpc) is 2.50. The Hall–Kier alpha value is -1.71.